The maximum Gasteiger partial charge on any atom is 0.106 e. The van der Waals surface area contributed by atoms with E-state index in [2.05, 4.69) is 40.0 Å². The van der Waals surface area contributed by atoms with E-state index in [-0.39, 0.29) is 0 Å². The minimum atomic E-state index is 0.406. The molecule has 0 unspecified atom stereocenters. The number of rotatable bonds is 3. The van der Waals surface area contributed by atoms with Gasteiger partial charge in [0.05, 0.1) is 0 Å². The number of thiocarbonyl (C=S) groups is 1. The topological polar surface area (TPSA) is 38.0 Å². The van der Waals surface area contributed by atoms with Gasteiger partial charge in [0.25, 0.3) is 0 Å². The summed E-state index contributed by atoms with van der Waals surface area (Å²) in [6.07, 6.45) is 0. The first-order valence-corrected chi connectivity index (χ1v) is 6.98. The average Bonchev–Trinajstić information content (AvgIpc) is 2.28. The van der Waals surface area contributed by atoms with Crippen molar-refractivity contribution in [2.45, 2.75) is 6.92 Å². The molecule has 0 aromatic heterocycles. The summed E-state index contributed by atoms with van der Waals surface area (Å²) < 4.78 is 1.18. The first-order chi connectivity index (χ1) is 8.56. The number of benzene rings is 2. The van der Waals surface area contributed by atoms with E-state index in [9.17, 15) is 0 Å². The molecule has 0 amide bonds. The molecule has 0 bridgehead atoms. The first kappa shape index (κ1) is 13.3. The lowest BCUT2D eigenvalue weighted by atomic mass is 10.1. The summed E-state index contributed by atoms with van der Waals surface area (Å²) in [5.74, 6) is 0. The highest BCUT2D eigenvalue weighted by molar-refractivity contribution is 14.1. The number of anilines is 2. The van der Waals surface area contributed by atoms with Gasteiger partial charge in [0.15, 0.2) is 0 Å². The van der Waals surface area contributed by atoms with Crippen LogP contribution in [0.3, 0.4) is 0 Å². The smallest absolute Gasteiger partial charge is 0.106 e. The highest BCUT2D eigenvalue weighted by Crippen LogP contribution is 2.23. The fourth-order valence-electron chi connectivity index (χ4n) is 1.70. The van der Waals surface area contributed by atoms with Gasteiger partial charge >= 0.3 is 0 Å². The van der Waals surface area contributed by atoms with Gasteiger partial charge in [0.2, 0.25) is 0 Å². The Morgan fingerprint density at radius 3 is 2.67 bits per heavy atom. The quantitative estimate of drug-likeness (QED) is 0.636. The van der Waals surface area contributed by atoms with Crippen LogP contribution in [0.15, 0.2) is 42.5 Å². The number of aryl methyl sites for hydroxylation is 1. The second-order valence-corrected chi connectivity index (χ2v) is 5.73. The molecule has 2 rings (SSSR count). The van der Waals surface area contributed by atoms with Gasteiger partial charge in [-0.1, -0.05) is 24.4 Å². The summed E-state index contributed by atoms with van der Waals surface area (Å²) in [5.41, 5.74) is 9.76. The monoisotopic (exact) mass is 368 g/mol. The highest BCUT2D eigenvalue weighted by Gasteiger charge is 2.06. The fraction of sp³-hybridized carbons (Fsp3) is 0.0714. The molecule has 3 N–H and O–H groups in total. The molecule has 0 saturated carbocycles. The van der Waals surface area contributed by atoms with Crippen molar-refractivity contribution in [2.75, 3.05) is 5.32 Å². The zero-order valence-corrected chi connectivity index (χ0v) is 12.9. The standard InChI is InChI=1S/C14H13IN2S/c1-9-5-6-12(14(16)18)13(7-9)17-11-4-2-3-10(15)8-11/h2-8,17H,1H3,(H2,16,18). The summed E-state index contributed by atoms with van der Waals surface area (Å²) >= 11 is 7.36. The van der Waals surface area contributed by atoms with Gasteiger partial charge in [-0.2, -0.15) is 0 Å². The van der Waals surface area contributed by atoms with Crippen LogP contribution in [0.5, 0.6) is 0 Å². The van der Waals surface area contributed by atoms with Gasteiger partial charge in [-0.05, 0) is 65.4 Å². The predicted molar refractivity (Wildman–Crippen MR) is 89.5 cm³/mol. The van der Waals surface area contributed by atoms with Crippen LogP contribution in [0.25, 0.3) is 0 Å². The van der Waals surface area contributed by atoms with E-state index in [4.69, 9.17) is 18.0 Å². The van der Waals surface area contributed by atoms with Crippen molar-refractivity contribution in [1.29, 1.82) is 0 Å². The maximum absolute atomic E-state index is 5.74. The van der Waals surface area contributed by atoms with Gasteiger partial charge in [0.1, 0.15) is 4.99 Å². The van der Waals surface area contributed by atoms with Crippen molar-refractivity contribution < 1.29 is 0 Å². The number of halogens is 1. The van der Waals surface area contributed by atoms with Crippen molar-refractivity contribution in [2.24, 2.45) is 5.73 Å². The molecular weight excluding hydrogens is 355 g/mol. The lowest BCUT2D eigenvalue weighted by Crippen LogP contribution is -2.12. The van der Waals surface area contributed by atoms with Crippen LogP contribution in [0.1, 0.15) is 11.1 Å². The fourth-order valence-corrected chi connectivity index (χ4v) is 2.42. The van der Waals surface area contributed by atoms with E-state index in [0.29, 0.717) is 4.99 Å². The third-order valence-electron chi connectivity index (χ3n) is 2.54. The van der Waals surface area contributed by atoms with E-state index in [1.165, 1.54) is 9.13 Å². The normalized spacial score (nSPS) is 10.1. The molecule has 2 aromatic carbocycles. The van der Waals surface area contributed by atoms with E-state index >= 15 is 0 Å². The number of hydrogen-bond donors (Lipinski definition) is 2. The number of hydrogen-bond acceptors (Lipinski definition) is 2. The molecular formula is C14H13IN2S. The van der Waals surface area contributed by atoms with Gasteiger partial charge in [0, 0.05) is 20.5 Å². The summed E-state index contributed by atoms with van der Waals surface area (Å²) in [6.45, 7) is 2.04. The minimum Gasteiger partial charge on any atom is -0.389 e. The lowest BCUT2D eigenvalue weighted by molar-refractivity contribution is 1.43. The molecule has 0 radical (unpaired) electrons. The highest BCUT2D eigenvalue weighted by atomic mass is 127. The molecule has 2 nitrogen and oxygen atoms in total. The minimum absolute atomic E-state index is 0.406. The molecule has 0 aliphatic carbocycles. The van der Waals surface area contributed by atoms with Crippen molar-refractivity contribution >= 4 is 51.2 Å². The SMILES string of the molecule is Cc1ccc(C(N)=S)c(Nc2cccc(I)c2)c1. The van der Waals surface area contributed by atoms with Crippen molar-refractivity contribution in [3.05, 3.63) is 57.2 Å². The van der Waals surface area contributed by atoms with E-state index in [1.54, 1.807) is 0 Å². The van der Waals surface area contributed by atoms with Gasteiger partial charge in [-0.25, -0.2) is 0 Å². The molecule has 0 saturated heterocycles. The second-order valence-electron chi connectivity index (χ2n) is 4.05. The molecule has 0 heterocycles. The summed E-state index contributed by atoms with van der Waals surface area (Å²) in [4.78, 5) is 0.406. The Kier molecular flexibility index (Phi) is 4.19. The van der Waals surface area contributed by atoms with Crippen LogP contribution >= 0.6 is 34.8 Å². The van der Waals surface area contributed by atoms with E-state index < -0.39 is 0 Å². The molecule has 0 fully saturated rings. The van der Waals surface area contributed by atoms with Gasteiger partial charge in [-0.15, -0.1) is 0 Å². The summed E-state index contributed by atoms with van der Waals surface area (Å²) in [7, 11) is 0. The number of nitrogens with one attached hydrogen (secondary N) is 1. The largest absolute Gasteiger partial charge is 0.389 e. The Morgan fingerprint density at radius 2 is 2.00 bits per heavy atom. The summed E-state index contributed by atoms with van der Waals surface area (Å²) in [5, 5.41) is 3.36. The average molecular weight is 368 g/mol. The van der Waals surface area contributed by atoms with Crippen LogP contribution in [-0.4, -0.2) is 4.99 Å². The van der Waals surface area contributed by atoms with Crippen LogP contribution in [0.2, 0.25) is 0 Å². The Labute approximate surface area is 126 Å². The van der Waals surface area contributed by atoms with Crippen LogP contribution in [0, 0.1) is 10.5 Å². The zero-order valence-electron chi connectivity index (χ0n) is 9.91. The Hall–Kier alpha value is -1.14. The molecule has 0 aliphatic heterocycles. The van der Waals surface area contributed by atoms with Crippen molar-refractivity contribution in [1.82, 2.24) is 0 Å². The van der Waals surface area contributed by atoms with E-state index in [1.807, 2.05) is 37.3 Å². The molecule has 0 spiro atoms. The van der Waals surface area contributed by atoms with Gasteiger partial charge in [-0.3, -0.25) is 0 Å². The molecule has 0 aliphatic rings. The van der Waals surface area contributed by atoms with Gasteiger partial charge < -0.3 is 11.1 Å². The first-order valence-electron chi connectivity index (χ1n) is 5.49. The maximum atomic E-state index is 5.74. The Balaban J connectivity index is 2.39. The molecule has 4 heteroatoms. The number of nitrogens with two attached hydrogens (primary N) is 1. The summed E-state index contributed by atoms with van der Waals surface area (Å²) in [6, 6.07) is 14.2. The molecule has 92 valence electrons. The zero-order chi connectivity index (χ0) is 13.1. The molecule has 2 aromatic rings. The predicted octanol–water partition coefficient (Wildman–Crippen LogP) is 3.98. The van der Waals surface area contributed by atoms with Crippen LogP contribution < -0.4 is 11.1 Å². The van der Waals surface area contributed by atoms with Crippen LogP contribution in [-0.2, 0) is 0 Å². The van der Waals surface area contributed by atoms with Crippen molar-refractivity contribution in [3.63, 3.8) is 0 Å². The van der Waals surface area contributed by atoms with Crippen LogP contribution in [0.4, 0.5) is 11.4 Å². The van der Waals surface area contributed by atoms with Crippen molar-refractivity contribution in [3.8, 4) is 0 Å². The Bertz CT molecular complexity index is 596. The molecule has 0 atom stereocenters. The lowest BCUT2D eigenvalue weighted by Gasteiger charge is -2.12. The third-order valence-corrected chi connectivity index (χ3v) is 3.44. The van der Waals surface area contributed by atoms with E-state index in [0.717, 1.165) is 16.9 Å². The third kappa shape index (κ3) is 3.20. The Morgan fingerprint density at radius 1 is 1.22 bits per heavy atom. The second kappa shape index (κ2) is 5.67. The molecule has 18 heavy (non-hydrogen) atoms.